The van der Waals surface area contributed by atoms with Crippen molar-refractivity contribution in [2.45, 2.75) is 20.0 Å². The molecule has 2 heterocycles. The number of anilines is 2. The van der Waals surface area contributed by atoms with Crippen molar-refractivity contribution in [1.29, 1.82) is 0 Å². The van der Waals surface area contributed by atoms with Crippen LogP contribution in [0.2, 0.25) is 0 Å². The maximum atomic E-state index is 13.0. The zero-order chi connectivity index (χ0) is 16.7. The van der Waals surface area contributed by atoms with Crippen LogP contribution in [0.3, 0.4) is 0 Å². The van der Waals surface area contributed by atoms with Gasteiger partial charge in [-0.1, -0.05) is 31.2 Å². The van der Waals surface area contributed by atoms with E-state index < -0.39 is 0 Å². The quantitative estimate of drug-likeness (QED) is 0.787. The fraction of sp³-hybridized carbons (Fsp3) is 0.211. The van der Waals surface area contributed by atoms with E-state index in [-0.39, 0.29) is 5.56 Å². The van der Waals surface area contributed by atoms with E-state index in [9.17, 15) is 4.79 Å². The van der Waals surface area contributed by atoms with Gasteiger partial charge < -0.3 is 10.1 Å². The minimum atomic E-state index is -0.0722. The van der Waals surface area contributed by atoms with Crippen molar-refractivity contribution in [1.82, 2.24) is 9.36 Å². The van der Waals surface area contributed by atoms with Gasteiger partial charge >= 0.3 is 0 Å². The molecule has 0 aliphatic carbocycles. The third kappa shape index (κ3) is 2.21. The van der Waals surface area contributed by atoms with Gasteiger partial charge in [-0.15, -0.1) is 0 Å². The summed E-state index contributed by atoms with van der Waals surface area (Å²) in [7, 11) is 1.88. The van der Waals surface area contributed by atoms with Gasteiger partial charge in [-0.25, -0.2) is 4.68 Å². The number of ether oxygens (including phenoxy) is 1. The summed E-state index contributed by atoms with van der Waals surface area (Å²) in [5, 5.41) is 3.30. The lowest BCUT2D eigenvalue weighted by Gasteiger charge is -2.11. The standard InChI is InChI=1S/C19H19N3O2/c1-3-13-9-10-17-15(11-13)20-18-16(12-24-17)21(2)22(19(18)23)14-7-5-4-6-8-14/h4-11,20H,3,12H2,1-2H3. The maximum Gasteiger partial charge on any atom is 0.295 e. The molecule has 0 spiro atoms. The van der Waals surface area contributed by atoms with Crippen LogP contribution in [0.5, 0.6) is 5.75 Å². The number of rotatable bonds is 2. The van der Waals surface area contributed by atoms with Crippen LogP contribution in [0, 0.1) is 0 Å². The second-order valence-corrected chi connectivity index (χ2v) is 5.90. The molecule has 0 saturated heterocycles. The van der Waals surface area contributed by atoms with Crippen LogP contribution in [0.4, 0.5) is 11.4 Å². The fourth-order valence-electron chi connectivity index (χ4n) is 3.10. The van der Waals surface area contributed by atoms with E-state index in [1.807, 2.05) is 54.2 Å². The smallest absolute Gasteiger partial charge is 0.295 e. The molecule has 0 radical (unpaired) electrons. The molecule has 122 valence electrons. The van der Waals surface area contributed by atoms with Crippen LogP contribution < -0.4 is 15.6 Å². The first-order chi connectivity index (χ1) is 11.7. The number of hydrogen-bond acceptors (Lipinski definition) is 3. The summed E-state index contributed by atoms with van der Waals surface area (Å²) in [6.45, 7) is 2.46. The summed E-state index contributed by atoms with van der Waals surface area (Å²) in [6, 6.07) is 15.7. The van der Waals surface area contributed by atoms with Crippen molar-refractivity contribution >= 4 is 11.4 Å². The minimum absolute atomic E-state index is 0.0722. The second kappa shape index (κ2) is 5.60. The van der Waals surface area contributed by atoms with Gasteiger partial charge in [0.05, 0.1) is 11.4 Å². The molecule has 1 N–H and O–H groups in total. The Labute approximate surface area is 140 Å². The molecule has 1 aliphatic rings. The lowest BCUT2D eigenvalue weighted by atomic mass is 10.1. The zero-order valence-electron chi connectivity index (χ0n) is 13.7. The van der Waals surface area contributed by atoms with E-state index in [0.29, 0.717) is 12.3 Å². The predicted molar refractivity (Wildman–Crippen MR) is 94.4 cm³/mol. The fourth-order valence-corrected chi connectivity index (χ4v) is 3.10. The molecule has 5 heteroatoms. The number of aryl methyl sites for hydroxylation is 1. The lowest BCUT2D eigenvalue weighted by molar-refractivity contribution is 0.297. The average Bonchev–Trinajstić information content (AvgIpc) is 2.76. The maximum absolute atomic E-state index is 13.0. The SMILES string of the molecule is CCc1ccc2c(c1)Nc1c(n(C)n(-c3ccccc3)c1=O)CO2. The zero-order valence-corrected chi connectivity index (χ0v) is 13.7. The van der Waals surface area contributed by atoms with Gasteiger partial charge in [-0.2, -0.15) is 0 Å². The Morgan fingerprint density at radius 2 is 1.96 bits per heavy atom. The molecule has 0 unspecified atom stereocenters. The number of para-hydroxylation sites is 1. The van der Waals surface area contributed by atoms with Gasteiger partial charge in [0.25, 0.3) is 5.56 Å². The van der Waals surface area contributed by atoms with E-state index in [2.05, 4.69) is 18.3 Å². The van der Waals surface area contributed by atoms with Crippen LogP contribution in [0.25, 0.3) is 5.69 Å². The third-order valence-corrected chi connectivity index (χ3v) is 4.46. The number of benzene rings is 2. The molecule has 1 aromatic heterocycles. The van der Waals surface area contributed by atoms with Gasteiger partial charge in [-0.3, -0.25) is 9.48 Å². The van der Waals surface area contributed by atoms with Crippen molar-refractivity contribution in [3.63, 3.8) is 0 Å². The van der Waals surface area contributed by atoms with Crippen LogP contribution in [-0.2, 0) is 20.1 Å². The van der Waals surface area contributed by atoms with Crippen LogP contribution >= 0.6 is 0 Å². The molecule has 0 saturated carbocycles. The Morgan fingerprint density at radius 3 is 2.71 bits per heavy atom. The van der Waals surface area contributed by atoms with E-state index in [4.69, 9.17) is 4.74 Å². The van der Waals surface area contributed by atoms with E-state index in [0.717, 1.165) is 29.2 Å². The van der Waals surface area contributed by atoms with E-state index in [1.165, 1.54) is 5.56 Å². The normalized spacial score (nSPS) is 12.6. The van der Waals surface area contributed by atoms with Crippen molar-refractivity contribution in [2.24, 2.45) is 7.05 Å². The van der Waals surface area contributed by atoms with Crippen molar-refractivity contribution in [3.8, 4) is 11.4 Å². The Balaban J connectivity index is 1.87. The first-order valence-corrected chi connectivity index (χ1v) is 8.08. The minimum Gasteiger partial charge on any atom is -0.485 e. The number of nitrogens with one attached hydrogen (secondary N) is 1. The Morgan fingerprint density at radius 1 is 1.17 bits per heavy atom. The Kier molecular flexibility index (Phi) is 3.41. The van der Waals surface area contributed by atoms with Gasteiger partial charge in [0, 0.05) is 7.05 Å². The number of hydrogen-bond donors (Lipinski definition) is 1. The molecule has 3 aromatic rings. The highest BCUT2D eigenvalue weighted by atomic mass is 16.5. The van der Waals surface area contributed by atoms with Crippen molar-refractivity contribution < 1.29 is 4.74 Å². The Bertz CT molecular complexity index is 955. The van der Waals surface area contributed by atoms with Crippen LogP contribution in [0.15, 0.2) is 53.3 Å². The van der Waals surface area contributed by atoms with Gasteiger partial charge in [0.15, 0.2) is 0 Å². The van der Waals surface area contributed by atoms with Crippen LogP contribution in [0.1, 0.15) is 18.2 Å². The van der Waals surface area contributed by atoms with Crippen LogP contribution in [-0.4, -0.2) is 9.36 Å². The summed E-state index contributed by atoms with van der Waals surface area (Å²) in [5.41, 5.74) is 4.22. The molecule has 24 heavy (non-hydrogen) atoms. The summed E-state index contributed by atoms with van der Waals surface area (Å²) in [6.07, 6.45) is 0.935. The molecule has 0 bridgehead atoms. The Hall–Kier alpha value is -2.95. The molecule has 1 aliphatic heterocycles. The lowest BCUT2D eigenvalue weighted by Crippen LogP contribution is -2.21. The third-order valence-electron chi connectivity index (χ3n) is 4.46. The number of fused-ring (bicyclic) bond motifs is 2. The number of nitrogens with zero attached hydrogens (tertiary/aromatic N) is 2. The summed E-state index contributed by atoms with van der Waals surface area (Å²) in [4.78, 5) is 13.0. The highest BCUT2D eigenvalue weighted by molar-refractivity contribution is 5.70. The van der Waals surface area contributed by atoms with Gasteiger partial charge in [-0.05, 0) is 36.2 Å². The molecule has 0 fully saturated rings. The summed E-state index contributed by atoms with van der Waals surface area (Å²) < 4.78 is 9.44. The van der Waals surface area contributed by atoms with Gasteiger partial charge in [0.2, 0.25) is 0 Å². The van der Waals surface area contributed by atoms with Crippen molar-refractivity contribution in [2.75, 3.05) is 5.32 Å². The molecular formula is C19H19N3O2. The topological polar surface area (TPSA) is 48.2 Å². The second-order valence-electron chi connectivity index (χ2n) is 5.90. The monoisotopic (exact) mass is 321 g/mol. The predicted octanol–water partition coefficient (Wildman–Crippen LogP) is 3.37. The molecule has 2 aromatic carbocycles. The van der Waals surface area contributed by atoms with E-state index >= 15 is 0 Å². The molecule has 5 nitrogen and oxygen atoms in total. The molecular weight excluding hydrogens is 302 g/mol. The van der Waals surface area contributed by atoms with E-state index in [1.54, 1.807) is 4.68 Å². The molecule has 0 atom stereocenters. The van der Waals surface area contributed by atoms with Gasteiger partial charge in [0.1, 0.15) is 23.7 Å². The first kappa shape index (κ1) is 14.6. The molecule has 0 amide bonds. The summed E-state index contributed by atoms with van der Waals surface area (Å²) >= 11 is 0. The first-order valence-electron chi connectivity index (χ1n) is 8.08. The average molecular weight is 321 g/mol. The highest BCUT2D eigenvalue weighted by Gasteiger charge is 2.23. The largest absolute Gasteiger partial charge is 0.485 e. The highest BCUT2D eigenvalue weighted by Crippen LogP contribution is 2.33. The summed E-state index contributed by atoms with van der Waals surface area (Å²) in [5.74, 6) is 0.772. The molecule has 4 rings (SSSR count). The number of aromatic nitrogens is 2. The van der Waals surface area contributed by atoms with Crippen molar-refractivity contribution in [3.05, 3.63) is 70.1 Å².